The first-order chi connectivity index (χ1) is 9.28. The lowest BCUT2D eigenvalue weighted by Gasteiger charge is -2.38. The van der Waals surface area contributed by atoms with Crippen LogP contribution >= 0.6 is 0 Å². The Morgan fingerprint density at radius 2 is 1.52 bits per heavy atom. The Kier molecular flexibility index (Phi) is 7.57. The molecule has 2 amide bonds. The van der Waals surface area contributed by atoms with Crippen LogP contribution in [-0.4, -0.2) is 42.7 Å². The van der Waals surface area contributed by atoms with Crippen molar-refractivity contribution in [1.82, 2.24) is 4.90 Å². The highest BCUT2D eigenvalue weighted by molar-refractivity contribution is 6.87. The first kappa shape index (κ1) is 20.6. The number of carbonyl (C=O) groups is 1. The zero-order chi connectivity index (χ0) is 16.9. The summed E-state index contributed by atoms with van der Waals surface area (Å²) in [6.07, 6.45) is 2.28. The molecule has 0 heterocycles. The zero-order valence-corrected chi connectivity index (χ0v) is 17.7. The Bertz CT molecular complexity index is 349. The van der Waals surface area contributed by atoms with Gasteiger partial charge in [-0.1, -0.05) is 6.58 Å². The van der Waals surface area contributed by atoms with Crippen molar-refractivity contribution < 1.29 is 13.0 Å². The number of urea groups is 1. The zero-order valence-electron chi connectivity index (χ0n) is 14.7. The van der Waals surface area contributed by atoms with E-state index in [1.165, 1.54) is 11.1 Å². The Balaban J connectivity index is 4.76. The molecule has 0 atom stereocenters. The molecule has 0 unspecified atom stereocenters. The summed E-state index contributed by atoms with van der Waals surface area (Å²) in [4.78, 5) is 12.6. The molecule has 0 aliphatic rings. The second-order valence-corrected chi connectivity index (χ2v) is 20.2. The molecular weight excluding hydrogens is 316 g/mol. The quantitative estimate of drug-likeness (QED) is 0.646. The number of carbonyl (C=O) groups excluding carboxylic acids is 1. The molecule has 0 spiro atoms. The number of hydrogen-bond acceptors (Lipinski definition) is 3. The van der Waals surface area contributed by atoms with Crippen LogP contribution in [0.1, 0.15) is 6.42 Å². The standard InChI is InChI=1S/C13H32N2O3Si3/c1-9-15(13(14)16)11-10-12-21(8,17-19(2,3)4)18-20(5,6)7/h9H,1,10-12H2,2-8H3,(H2,14,16). The maximum absolute atomic E-state index is 11.2. The van der Waals surface area contributed by atoms with Gasteiger partial charge in [-0.2, -0.15) is 0 Å². The normalized spacial score (nSPS) is 13.1. The fraction of sp³-hybridized carbons (Fsp3) is 0.769. The minimum absolute atomic E-state index is 0.467. The lowest BCUT2D eigenvalue weighted by atomic mass is 10.4. The number of primary amides is 1. The number of nitrogens with two attached hydrogens (primary N) is 1. The number of rotatable bonds is 9. The Labute approximate surface area is 133 Å². The predicted molar refractivity (Wildman–Crippen MR) is 96.4 cm³/mol. The summed E-state index contributed by atoms with van der Waals surface area (Å²) in [5.74, 6) is 0. The smallest absolute Gasteiger partial charge is 0.318 e. The summed E-state index contributed by atoms with van der Waals surface area (Å²) in [5, 5.41) is 0. The molecule has 21 heavy (non-hydrogen) atoms. The van der Waals surface area contributed by atoms with Crippen LogP contribution in [0, 0.1) is 0 Å². The van der Waals surface area contributed by atoms with Gasteiger partial charge in [-0.3, -0.25) is 0 Å². The van der Waals surface area contributed by atoms with Crippen LogP contribution in [0.3, 0.4) is 0 Å². The van der Waals surface area contributed by atoms with Crippen LogP contribution in [0.25, 0.3) is 0 Å². The van der Waals surface area contributed by atoms with Crippen LogP contribution in [-0.2, 0) is 8.23 Å². The highest BCUT2D eigenvalue weighted by atomic mass is 28.5. The van der Waals surface area contributed by atoms with E-state index in [-0.39, 0.29) is 0 Å². The summed E-state index contributed by atoms with van der Waals surface area (Å²) in [5.41, 5.74) is 5.28. The lowest BCUT2D eigenvalue weighted by molar-refractivity contribution is 0.224. The van der Waals surface area contributed by atoms with E-state index in [2.05, 4.69) is 52.4 Å². The van der Waals surface area contributed by atoms with Gasteiger partial charge in [-0.05, 0) is 58.3 Å². The van der Waals surface area contributed by atoms with Gasteiger partial charge in [0.1, 0.15) is 0 Å². The maximum atomic E-state index is 11.2. The van der Waals surface area contributed by atoms with Crippen molar-refractivity contribution in [3.8, 4) is 0 Å². The Morgan fingerprint density at radius 1 is 1.10 bits per heavy atom. The van der Waals surface area contributed by atoms with E-state index < -0.39 is 31.2 Å². The van der Waals surface area contributed by atoms with Crippen molar-refractivity contribution in [3.05, 3.63) is 12.8 Å². The third kappa shape index (κ3) is 10.0. The Morgan fingerprint density at radius 3 is 1.81 bits per heavy atom. The maximum Gasteiger partial charge on any atom is 0.318 e. The molecule has 0 bridgehead atoms. The average Bonchev–Trinajstić information content (AvgIpc) is 2.17. The van der Waals surface area contributed by atoms with Gasteiger partial charge in [-0.15, -0.1) is 0 Å². The lowest BCUT2D eigenvalue weighted by Crippen LogP contribution is -2.52. The van der Waals surface area contributed by atoms with E-state index in [0.717, 1.165) is 12.5 Å². The van der Waals surface area contributed by atoms with Crippen molar-refractivity contribution >= 4 is 31.2 Å². The fourth-order valence-electron chi connectivity index (χ4n) is 2.28. The molecule has 0 aromatic rings. The van der Waals surface area contributed by atoms with Crippen LogP contribution in [0.5, 0.6) is 0 Å². The number of hydrogen-bond donors (Lipinski definition) is 1. The van der Waals surface area contributed by atoms with Gasteiger partial charge < -0.3 is 18.9 Å². The predicted octanol–water partition coefficient (Wildman–Crippen LogP) is 3.68. The molecule has 0 saturated carbocycles. The van der Waals surface area contributed by atoms with E-state index in [0.29, 0.717) is 6.54 Å². The summed E-state index contributed by atoms with van der Waals surface area (Å²) in [6, 6.07) is 0.393. The highest BCUT2D eigenvalue weighted by Crippen LogP contribution is 2.25. The molecule has 0 fully saturated rings. The van der Waals surface area contributed by atoms with E-state index in [4.69, 9.17) is 14.0 Å². The first-order valence-electron chi connectivity index (χ1n) is 7.37. The molecule has 8 heteroatoms. The van der Waals surface area contributed by atoms with Gasteiger partial charge in [0.25, 0.3) is 0 Å². The van der Waals surface area contributed by atoms with Crippen molar-refractivity contribution in [3.63, 3.8) is 0 Å². The van der Waals surface area contributed by atoms with Gasteiger partial charge in [0.05, 0.1) is 0 Å². The van der Waals surface area contributed by atoms with Crippen molar-refractivity contribution in [2.45, 2.75) is 58.3 Å². The monoisotopic (exact) mass is 348 g/mol. The summed E-state index contributed by atoms with van der Waals surface area (Å²) in [6.45, 7) is 19.4. The molecule has 0 rings (SSSR count). The first-order valence-corrected chi connectivity index (χ1v) is 16.7. The van der Waals surface area contributed by atoms with Crippen molar-refractivity contribution in [2.75, 3.05) is 6.54 Å². The molecule has 0 aliphatic heterocycles. The van der Waals surface area contributed by atoms with E-state index >= 15 is 0 Å². The van der Waals surface area contributed by atoms with E-state index in [9.17, 15) is 4.79 Å². The van der Waals surface area contributed by atoms with E-state index in [1.807, 2.05) is 0 Å². The molecule has 124 valence electrons. The van der Waals surface area contributed by atoms with Gasteiger partial charge in [-0.25, -0.2) is 4.79 Å². The minimum atomic E-state index is -2.22. The second kappa shape index (κ2) is 7.73. The topological polar surface area (TPSA) is 64.8 Å². The molecule has 0 saturated heterocycles. The third-order valence-electron chi connectivity index (χ3n) is 2.58. The summed E-state index contributed by atoms with van der Waals surface area (Å²) >= 11 is 0. The van der Waals surface area contributed by atoms with Crippen molar-refractivity contribution in [1.29, 1.82) is 0 Å². The number of amides is 2. The molecule has 0 aliphatic carbocycles. The molecular formula is C13H32N2O3Si3. The summed E-state index contributed by atoms with van der Waals surface area (Å²) < 4.78 is 12.8. The molecule has 0 radical (unpaired) electrons. The third-order valence-corrected chi connectivity index (χ3v) is 12.2. The van der Waals surface area contributed by atoms with Crippen molar-refractivity contribution in [2.24, 2.45) is 5.73 Å². The van der Waals surface area contributed by atoms with Crippen LogP contribution in [0.15, 0.2) is 12.8 Å². The van der Waals surface area contributed by atoms with Gasteiger partial charge in [0.2, 0.25) is 0 Å². The molecule has 5 nitrogen and oxygen atoms in total. The van der Waals surface area contributed by atoms with Gasteiger partial charge in [0, 0.05) is 12.7 Å². The second-order valence-electron chi connectivity index (χ2n) is 7.38. The summed E-state index contributed by atoms with van der Waals surface area (Å²) in [7, 11) is -5.56. The SMILES string of the molecule is C=CN(CCC[Si](C)(O[Si](C)(C)C)O[Si](C)(C)C)C(N)=O. The van der Waals surface area contributed by atoms with E-state index in [1.54, 1.807) is 0 Å². The van der Waals surface area contributed by atoms with Gasteiger partial charge >= 0.3 is 14.6 Å². The number of nitrogens with zero attached hydrogens (tertiary/aromatic N) is 1. The van der Waals surface area contributed by atoms with Crippen LogP contribution < -0.4 is 5.73 Å². The molecule has 0 aromatic heterocycles. The highest BCUT2D eigenvalue weighted by Gasteiger charge is 2.39. The average molecular weight is 349 g/mol. The largest absolute Gasteiger partial charge is 0.437 e. The molecule has 0 aromatic carbocycles. The van der Waals surface area contributed by atoms with Crippen LogP contribution in [0.4, 0.5) is 4.79 Å². The Hall–Kier alpha value is -0.419. The minimum Gasteiger partial charge on any atom is -0.437 e. The van der Waals surface area contributed by atoms with Crippen LogP contribution in [0.2, 0.25) is 51.9 Å². The fourth-order valence-corrected chi connectivity index (χ4v) is 14.8. The molecule has 2 N–H and O–H groups in total. The van der Waals surface area contributed by atoms with Gasteiger partial charge in [0.15, 0.2) is 16.6 Å².